The van der Waals surface area contributed by atoms with Crippen LogP contribution in [0.15, 0.2) is 61.7 Å². The van der Waals surface area contributed by atoms with Crippen LogP contribution in [0.5, 0.6) is 5.75 Å². The van der Waals surface area contributed by atoms with Gasteiger partial charge in [-0.25, -0.2) is 14.2 Å². The molecule has 50 heavy (non-hydrogen) atoms. The monoisotopic (exact) mass is 682 g/mol. The molecule has 2 aliphatic heterocycles. The lowest BCUT2D eigenvalue weighted by atomic mass is 9.86. The number of carbonyl (C=O) groups is 1. The van der Waals surface area contributed by atoms with Crippen molar-refractivity contribution >= 4 is 17.4 Å². The molecule has 0 unspecified atom stereocenters. The van der Waals surface area contributed by atoms with Gasteiger partial charge in [0.2, 0.25) is 0 Å². The minimum atomic E-state index is -1.05. The van der Waals surface area contributed by atoms with E-state index in [1.807, 2.05) is 62.6 Å². The summed E-state index contributed by atoms with van der Waals surface area (Å²) in [6.07, 6.45) is 4.25. The third-order valence-corrected chi connectivity index (χ3v) is 9.53. The Kier molecular flexibility index (Phi) is 9.63. The van der Waals surface area contributed by atoms with Gasteiger partial charge < -0.3 is 23.8 Å². The number of hydrogen-bond donors (Lipinski definition) is 0. The van der Waals surface area contributed by atoms with Gasteiger partial charge in [-0.1, -0.05) is 30.4 Å². The van der Waals surface area contributed by atoms with E-state index in [-0.39, 0.29) is 17.5 Å². The van der Waals surface area contributed by atoms with E-state index in [1.54, 1.807) is 25.1 Å². The van der Waals surface area contributed by atoms with Gasteiger partial charge >= 0.3 is 5.97 Å². The summed E-state index contributed by atoms with van der Waals surface area (Å²) in [6, 6.07) is 11.2. The fourth-order valence-electron chi connectivity index (χ4n) is 7.00. The Morgan fingerprint density at radius 1 is 1.12 bits per heavy atom. The fourth-order valence-corrected chi connectivity index (χ4v) is 7.00. The standard InChI is InChI=1S/C40H47FN4O5/c1-10-13-31-35-26(28-22-29(41)24(3)21-32(28)49-31)14-12-15-27(35)30-23-33-42-25(4)34(36(38(46)47-9)50-39(5,6)7)37(45(33)43-30)44-18-16-40(8,17-19-44)48-20-11-2/h10-12,14-15,21-23,31,36H,1-2,13,16-20H2,3-9H3/t31-,36+/m1/s1. The van der Waals surface area contributed by atoms with Crippen LogP contribution in [-0.4, -0.2) is 58.6 Å². The summed E-state index contributed by atoms with van der Waals surface area (Å²) < 4.78 is 41.1. The molecule has 4 heterocycles. The number of aromatic nitrogens is 3. The van der Waals surface area contributed by atoms with Gasteiger partial charge in [0.05, 0.1) is 36.2 Å². The number of ether oxygens (including phenoxy) is 4. The number of nitrogens with zero attached hydrogens (tertiary/aromatic N) is 4. The van der Waals surface area contributed by atoms with Gasteiger partial charge in [-0.15, -0.1) is 13.2 Å². The second kappa shape index (κ2) is 13.6. The van der Waals surface area contributed by atoms with Crippen molar-refractivity contribution in [2.45, 2.75) is 84.2 Å². The number of halogens is 1. The third kappa shape index (κ3) is 6.66. The zero-order chi connectivity index (χ0) is 36.0. The first-order chi connectivity index (χ1) is 23.8. The summed E-state index contributed by atoms with van der Waals surface area (Å²) in [4.78, 5) is 20.7. The van der Waals surface area contributed by atoms with E-state index < -0.39 is 17.7 Å². The van der Waals surface area contributed by atoms with Crippen LogP contribution in [0.3, 0.4) is 0 Å². The van der Waals surface area contributed by atoms with Gasteiger partial charge in [0, 0.05) is 48.0 Å². The normalized spacial score (nSPS) is 17.4. The average Bonchev–Trinajstić information content (AvgIpc) is 3.50. The molecule has 10 heteroatoms. The second-order valence-corrected chi connectivity index (χ2v) is 14.4. The summed E-state index contributed by atoms with van der Waals surface area (Å²) in [6.45, 7) is 21.0. The van der Waals surface area contributed by atoms with Crippen molar-refractivity contribution in [1.29, 1.82) is 0 Å². The van der Waals surface area contributed by atoms with Crippen molar-refractivity contribution in [1.82, 2.24) is 14.6 Å². The summed E-state index contributed by atoms with van der Waals surface area (Å²) in [5.41, 5.74) is 5.40. The topological polar surface area (TPSA) is 87.4 Å². The molecule has 2 aliphatic rings. The van der Waals surface area contributed by atoms with Crippen LogP contribution in [0.1, 0.15) is 81.5 Å². The molecule has 0 saturated carbocycles. The Morgan fingerprint density at radius 3 is 2.50 bits per heavy atom. The van der Waals surface area contributed by atoms with Gasteiger partial charge in [0.15, 0.2) is 11.8 Å². The lowest BCUT2D eigenvalue weighted by molar-refractivity contribution is -0.164. The van der Waals surface area contributed by atoms with Crippen molar-refractivity contribution < 1.29 is 28.1 Å². The molecular formula is C40H47FN4O5. The molecule has 6 rings (SSSR count). The van der Waals surface area contributed by atoms with Crippen molar-refractivity contribution in [3.63, 3.8) is 0 Å². The second-order valence-electron chi connectivity index (χ2n) is 14.4. The van der Waals surface area contributed by atoms with Gasteiger partial charge in [0.25, 0.3) is 0 Å². The Hall–Kier alpha value is -4.54. The van der Waals surface area contributed by atoms with Crippen molar-refractivity contribution in [2.24, 2.45) is 0 Å². The maximum Gasteiger partial charge on any atom is 0.339 e. The van der Waals surface area contributed by atoms with Crippen LogP contribution >= 0.6 is 0 Å². The molecule has 0 aliphatic carbocycles. The number of carbonyl (C=O) groups excluding carboxylic acids is 1. The summed E-state index contributed by atoms with van der Waals surface area (Å²) in [5.74, 6) is 0.550. The number of esters is 1. The molecule has 2 aromatic heterocycles. The Bertz CT molecular complexity index is 1950. The maximum atomic E-state index is 14.9. The number of piperidine rings is 1. The fraction of sp³-hybridized carbons (Fsp3) is 0.425. The van der Waals surface area contributed by atoms with E-state index in [4.69, 9.17) is 29.0 Å². The first kappa shape index (κ1) is 35.3. The molecule has 4 aromatic rings. The molecule has 0 radical (unpaired) electrons. The summed E-state index contributed by atoms with van der Waals surface area (Å²) in [7, 11) is 1.36. The number of rotatable bonds is 10. The zero-order valence-electron chi connectivity index (χ0n) is 30.1. The number of hydrogen-bond acceptors (Lipinski definition) is 8. The number of aryl methyl sites for hydroxylation is 2. The molecule has 0 spiro atoms. The largest absolute Gasteiger partial charge is 0.485 e. The van der Waals surface area contributed by atoms with E-state index in [0.717, 1.165) is 35.3 Å². The van der Waals surface area contributed by atoms with Gasteiger partial charge in [0.1, 0.15) is 23.5 Å². The Morgan fingerprint density at radius 2 is 1.84 bits per heavy atom. The molecule has 1 fully saturated rings. The van der Waals surface area contributed by atoms with Gasteiger partial charge in [-0.2, -0.15) is 9.61 Å². The third-order valence-electron chi connectivity index (χ3n) is 9.53. The lowest BCUT2D eigenvalue weighted by Gasteiger charge is -2.41. The maximum absolute atomic E-state index is 14.9. The SMILES string of the molecule is C=CCOC1(C)CCN(c2c([C@H](OC(C)(C)C)C(=O)OC)c(C)nc3cc(-c4cccc5c4[C@@H](CC=C)Oc4cc(C)c(F)cc4-5)nn23)CC1. The molecule has 9 nitrogen and oxygen atoms in total. The molecule has 2 aromatic carbocycles. The van der Waals surface area contributed by atoms with E-state index in [0.29, 0.717) is 65.6 Å². The Balaban J connectivity index is 1.56. The first-order valence-electron chi connectivity index (χ1n) is 17.1. The number of fused-ring (bicyclic) bond motifs is 4. The highest BCUT2D eigenvalue weighted by Gasteiger charge is 2.39. The number of methoxy groups -OCH3 is 1. The van der Waals surface area contributed by atoms with Crippen LogP contribution < -0.4 is 9.64 Å². The Labute approximate surface area is 293 Å². The molecule has 1 saturated heterocycles. The van der Waals surface area contributed by atoms with Crippen LogP contribution in [0.2, 0.25) is 0 Å². The van der Waals surface area contributed by atoms with Crippen LogP contribution in [0, 0.1) is 19.7 Å². The molecular weight excluding hydrogens is 635 g/mol. The van der Waals surface area contributed by atoms with Crippen LogP contribution in [0.4, 0.5) is 10.2 Å². The predicted octanol–water partition coefficient (Wildman–Crippen LogP) is 8.42. The zero-order valence-corrected chi connectivity index (χ0v) is 30.1. The average molecular weight is 683 g/mol. The van der Waals surface area contributed by atoms with Gasteiger partial charge in [-0.3, -0.25) is 0 Å². The van der Waals surface area contributed by atoms with Gasteiger partial charge in [-0.05, 0) is 77.6 Å². The van der Waals surface area contributed by atoms with Crippen molar-refractivity contribution in [3.05, 3.63) is 89.9 Å². The predicted molar refractivity (Wildman–Crippen MR) is 193 cm³/mol. The minimum Gasteiger partial charge on any atom is -0.485 e. The van der Waals surface area contributed by atoms with Crippen molar-refractivity contribution in [3.8, 4) is 28.1 Å². The number of benzene rings is 2. The van der Waals surface area contributed by atoms with E-state index in [9.17, 15) is 9.18 Å². The summed E-state index contributed by atoms with van der Waals surface area (Å²) in [5, 5.41) is 5.21. The van der Waals surface area contributed by atoms with E-state index in [1.165, 1.54) is 7.11 Å². The highest BCUT2D eigenvalue weighted by Crippen LogP contribution is 2.48. The smallest absolute Gasteiger partial charge is 0.339 e. The quantitative estimate of drug-likeness (QED) is 0.122. The summed E-state index contributed by atoms with van der Waals surface area (Å²) >= 11 is 0. The highest BCUT2D eigenvalue weighted by molar-refractivity contribution is 5.84. The van der Waals surface area contributed by atoms with Crippen LogP contribution in [0.25, 0.3) is 28.0 Å². The minimum absolute atomic E-state index is 0.291. The molecule has 0 amide bonds. The van der Waals surface area contributed by atoms with Crippen LogP contribution in [-0.2, 0) is 19.0 Å². The molecule has 0 bridgehead atoms. The first-order valence-corrected chi connectivity index (χ1v) is 17.1. The highest BCUT2D eigenvalue weighted by atomic mass is 19.1. The molecule has 264 valence electrons. The molecule has 2 atom stereocenters. The van der Waals surface area contributed by atoms with E-state index in [2.05, 4.69) is 25.0 Å². The van der Waals surface area contributed by atoms with Crippen molar-refractivity contribution in [2.75, 3.05) is 31.7 Å². The molecule has 0 N–H and O–H groups in total. The number of anilines is 1. The van der Waals surface area contributed by atoms with E-state index >= 15 is 0 Å². The lowest BCUT2D eigenvalue weighted by Crippen LogP contribution is -2.45.